The molecule has 0 atom stereocenters. The van der Waals surface area contributed by atoms with Crippen LogP contribution in [0.15, 0.2) is 59.6 Å². The maximum Gasteiger partial charge on any atom is 0.415 e. The summed E-state index contributed by atoms with van der Waals surface area (Å²) in [4.78, 5) is 23.9. The topological polar surface area (TPSA) is 98.3 Å². The van der Waals surface area contributed by atoms with Crippen LogP contribution in [0.3, 0.4) is 0 Å². The predicted octanol–water partition coefficient (Wildman–Crippen LogP) is 4.70. The van der Waals surface area contributed by atoms with Crippen molar-refractivity contribution in [3.05, 3.63) is 65.1 Å². The van der Waals surface area contributed by atoms with E-state index in [4.69, 9.17) is 20.9 Å². The number of anilines is 1. The Bertz CT molecular complexity index is 1230. The number of thiophene rings is 1. The Hall–Kier alpha value is -3.37. The number of nitrogens with one attached hydrogen (secondary N) is 1. The van der Waals surface area contributed by atoms with E-state index in [2.05, 4.69) is 25.3 Å². The zero-order valence-corrected chi connectivity index (χ0v) is 19.8. The normalized spacial score (nSPS) is 14.3. The summed E-state index contributed by atoms with van der Waals surface area (Å²) in [6, 6.07) is 9.79. The summed E-state index contributed by atoms with van der Waals surface area (Å²) < 4.78 is 13.2. The van der Waals surface area contributed by atoms with Gasteiger partial charge < -0.3 is 19.5 Å². The van der Waals surface area contributed by atoms with E-state index in [-0.39, 0.29) is 6.01 Å². The SMILES string of the molecule is O=C(NCC1CCN(c2ccncc2)CC1)Oc1nccn1Cc1cc(-c2ccc(Cl)s2)on1. The van der Waals surface area contributed by atoms with Gasteiger partial charge in [-0.25, -0.2) is 9.78 Å². The summed E-state index contributed by atoms with van der Waals surface area (Å²) >= 11 is 7.41. The van der Waals surface area contributed by atoms with Crippen LogP contribution in [0.1, 0.15) is 18.5 Å². The van der Waals surface area contributed by atoms with Gasteiger partial charge in [-0.05, 0) is 43.0 Å². The molecule has 1 aliphatic heterocycles. The molecule has 0 saturated carbocycles. The van der Waals surface area contributed by atoms with Gasteiger partial charge in [-0.2, -0.15) is 0 Å². The Morgan fingerprint density at radius 3 is 2.79 bits per heavy atom. The number of halogens is 1. The monoisotopic (exact) mass is 498 g/mol. The van der Waals surface area contributed by atoms with Crippen LogP contribution < -0.4 is 15.0 Å². The second-order valence-corrected chi connectivity index (χ2v) is 9.75. The lowest BCUT2D eigenvalue weighted by Gasteiger charge is -2.33. The third-order valence-corrected chi connectivity index (χ3v) is 6.99. The Labute approximate surface area is 205 Å². The lowest BCUT2D eigenvalue weighted by molar-refractivity contribution is 0.191. The molecule has 1 fully saturated rings. The summed E-state index contributed by atoms with van der Waals surface area (Å²) in [6.45, 7) is 2.83. The van der Waals surface area contributed by atoms with Crippen molar-refractivity contribution < 1.29 is 14.1 Å². The zero-order valence-electron chi connectivity index (χ0n) is 18.3. The van der Waals surface area contributed by atoms with Crippen LogP contribution in [0.4, 0.5) is 10.5 Å². The molecule has 5 heterocycles. The standard InChI is InChI=1S/C23H23ClN6O3S/c24-21-2-1-20(34-21)19-13-17(28-33-19)15-30-12-9-26-22(30)32-23(31)27-14-16-5-10-29(11-6-16)18-3-7-25-8-4-18/h1-4,7-9,12-13,16H,5-6,10-11,14-15H2,(H,27,31). The zero-order chi connectivity index (χ0) is 23.3. The number of ether oxygens (including phenoxy) is 1. The molecule has 4 aromatic rings. The molecule has 5 rings (SSSR count). The van der Waals surface area contributed by atoms with Gasteiger partial charge in [0.05, 0.1) is 15.8 Å². The van der Waals surface area contributed by atoms with Gasteiger partial charge in [-0.15, -0.1) is 11.3 Å². The smallest absolute Gasteiger partial charge is 0.375 e. The lowest BCUT2D eigenvalue weighted by atomic mass is 9.96. The predicted molar refractivity (Wildman–Crippen MR) is 129 cm³/mol. The van der Waals surface area contributed by atoms with Crippen LogP contribution in [-0.4, -0.2) is 45.4 Å². The number of amides is 1. The van der Waals surface area contributed by atoms with Crippen molar-refractivity contribution in [1.29, 1.82) is 0 Å². The van der Waals surface area contributed by atoms with E-state index in [1.54, 1.807) is 17.0 Å². The third-order valence-electron chi connectivity index (χ3n) is 5.75. The van der Waals surface area contributed by atoms with Crippen molar-refractivity contribution in [3.63, 3.8) is 0 Å². The average Bonchev–Trinajstić information content (AvgIpc) is 3.61. The number of carbonyl (C=O) groups excluding carboxylic acids is 1. The number of aromatic nitrogens is 4. The molecule has 0 bridgehead atoms. The first-order chi connectivity index (χ1) is 16.6. The van der Waals surface area contributed by atoms with Crippen molar-refractivity contribution >= 4 is 34.7 Å². The fraction of sp³-hybridized carbons (Fsp3) is 0.304. The van der Waals surface area contributed by atoms with Gasteiger partial charge in [-0.1, -0.05) is 16.8 Å². The van der Waals surface area contributed by atoms with Gasteiger partial charge >= 0.3 is 12.1 Å². The maximum atomic E-state index is 12.4. The van der Waals surface area contributed by atoms with Crippen LogP contribution in [0.25, 0.3) is 10.6 Å². The quantitative estimate of drug-likeness (QED) is 0.394. The van der Waals surface area contributed by atoms with Gasteiger partial charge in [-0.3, -0.25) is 9.55 Å². The molecule has 176 valence electrons. The summed E-state index contributed by atoms with van der Waals surface area (Å²) in [7, 11) is 0. The highest BCUT2D eigenvalue weighted by atomic mass is 35.5. The van der Waals surface area contributed by atoms with Crippen LogP contribution >= 0.6 is 22.9 Å². The molecule has 0 spiro atoms. The number of hydrogen-bond acceptors (Lipinski definition) is 8. The molecular formula is C23H23ClN6O3S. The number of carbonyl (C=O) groups is 1. The van der Waals surface area contributed by atoms with Gasteiger partial charge in [0.2, 0.25) is 0 Å². The first-order valence-corrected chi connectivity index (χ1v) is 12.2. The second kappa shape index (κ2) is 10.3. The summed E-state index contributed by atoms with van der Waals surface area (Å²) in [5, 5.41) is 6.97. The molecule has 1 saturated heterocycles. The first-order valence-electron chi connectivity index (χ1n) is 11.0. The largest absolute Gasteiger partial charge is 0.415 e. The van der Waals surface area contributed by atoms with E-state index in [1.807, 2.05) is 42.7 Å². The van der Waals surface area contributed by atoms with Gasteiger partial charge in [0.15, 0.2) is 5.76 Å². The van der Waals surface area contributed by atoms with E-state index in [0.29, 0.717) is 34.8 Å². The van der Waals surface area contributed by atoms with Crippen LogP contribution in [-0.2, 0) is 6.54 Å². The molecule has 1 amide bonds. The number of hydrogen-bond donors (Lipinski definition) is 1. The molecule has 1 N–H and O–H groups in total. The van der Waals surface area contributed by atoms with Gasteiger partial charge in [0, 0.05) is 56.2 Å². The fourth-order valence-electron chi connectivity index (χ4n) is 3.94. The van der Waals surface area contributed by atoms with E-state index < -0.39 is 6.09 Å². The number of piperidine rings is 1. The number of rotatable bonds is 7. The van der Waals surface area contributed by atoms with Crippen molar-refractivity contribution in [2.75, 3.05) is 24.5 Å². The maximum absolute atomic E-state index is 12.4. The molecule has 0 unspecified atom stereocenters. The highest BCUT2D eigenvalue weighted by molar-refractivity contribution is 7.19. The van der Waals surface area contributed by atoms with E-state index in [0.717, 1.165) is 30.8 Å². The third kappa shape index (κ3) is 5.40. The molecule has 34 heavy (non-hydrogen) atoms. The fourth-order valence-corrected chi connectivity index (χ4v) is 4.93. The number of imidazole rings is 1. The molecule has 0 radical (unpaired) electrons. The minimum absolute atomic E-state index is 0.203. The van der Waals surface area contributed by atoms with E-state index >= 15 is 0 Å². The Morgan fingerprint density at radius 2 is 2.03 bits per heavy atom. The molecular weight excluding hydrogens is 476 g/mol. The molecule has 4 aromatic heterocycles. The minimum atomic E-state index is -0.516. The molecule has 11 heteroatoms. The van der Waals surface area contributed by atoms with Crippen LogP contribution in [0.2, 0.25) is 4.34 Å². The molecule has 9 nitrogen and oxygen atoms in total. The second-order valence-electron chi connectivity index (χ2n) is 8.03. The van der Waals surface area contributed by atoms with Crippen LogP contribution in [0.5, 0.6) is 6.01 Å². The number of nitrogens with zero attached hydrogens (tertiary/aromatic N) is 5. The molecule has 0 aliphatic carbocycles. The van der Waals surface area contributed by atoms with Crippen LogP contribution in [0, 0.1) is 5.92 Å². The Morgan fingerprint density at radius 1 is 1.21 bits per heavy atom. The minimum Gasteiger partial charge on any atom is -0.375 e. The van der Waals surface area contributed by atoms with E-state index in [1.165, 1.54) is 17.0 Å². The summed E-state index contributed by atoms with van der Waals surface area (Å²) in [5.74, 6) is 1.05. The molecule has 1 aliphatic rings. The number of pyridine rings is 1. The highest BCUT2D eigenvalue weighted by Crippen LogP contribution is 2.31. The summed E-state index contributed by atoms with van der Waals surface area (Å²) in [5.41, 5.74) is 1.87. The van der Waals surface area contributed by atoms with Crippen molar-refractivity contribution in [2.24, 2.45) is 5.92 Å². The van der Waals surface area contributed by atoms with Gasteiger partial charge in [0.1, 0.15) is 5.69 Å². The summed E-state index contributed by atoms with van der Waals surface area (Å²) in [6.07, 6.45) is 8.42. The average molecular weight is 499 g/mol. The Kier molecular flexibility index (Phi) is 6.77. The highest BCUT2D eigenvalue weighted by Gasteiger charge is 2.21. The van der Waals surface area contributed by atoms with Crippen molar-refractivity contribution in [1.82, 2.24) is 25.0 Å². The first kappa shape index (κ1) is 22.4. The van der Waals surface area contributed by atoms with Crippen molar-refractivity contribution in [2.45, 2.75) is 19.4 Å². The van der Waals surface area contributed by atoms with Crippen molar-refractivity contribution in [3.8, 4) is 16.6 Å². The van der Waals surface area contributed by atoms with E-state index in [9.17, 15) is 4.79 Å². The van der Waals surface area contributed by atoms with Gasteiger partial charge in [0.25, 0.3) is 0 Å². The lowest BCUT2D eigenvalue weighted by Crippen LogP contribution is -2.39. The Balaban J connectivity index is 1.10. The molecule has 0 aromatic carbocycles.